The second-order valence-corrected chi connectivity index (χ2v) is 5.94. The van der Waals surface area contributed by atoms with Gasteiger partial charge in [0, 0.05) is 12.0 Å². The van der Waals surface area contributed by atoms with Gasteiger partial charge in [-0.25, -0.2) is 4.98 Å². The van der Waals surface area contributed by atoms with E-state index < -0.39 is 5.97 Å². The van der Waals surface area contributed by atoms with Gasteiger partial charge in [-0.3, -0.25) is 14.6 Å². The van der Waals surface area contributed by atoms with Gasteiger partial charge in [0.05, 0.1) is 37.5 Å². The van der Waals surface area contributed by atoms with Crippen molar-refractivity contribution in [3.05, 3.63) is 46.3 Å². The first-order valence-electron chi connectivity index (χ1n) is 7.73. The summed E-state index contributed by atoms with van der Waals surface area (Å²) in [6.07, 6.45) is 2.90. The Labute approximate surface area is 160 Å². The third-order valence-electron chi connectivity index (χ3n) is 3.31. The van der Waals surface area contributed by atoms with Crippen molar-refractivity contribution in [3.8, 4) is 5.75 Å². The number of benzene rings is 1. The average Bonchev–Trinajstić information content (AvgIpc) is 2.63. The summed E-state index contributed by atoms with van der Waals surface area (Å²) in [4.78, 5) is 31.7. The summed E-state index contributed by atoms with van der Waals surface area (Å²) in [6.45, 7) is 0.476. The lowest BCUT2D eigenvalue weighted by Crippen LogP contribution is -2.15. The van der Waals surface area contributed by atoms with Crippen LogP contribution in [-0.4, -0.2) is 42.0 Å². The van der Waals surface area contributed by atoms with Crippen molar-refractivity contribution in [1.82, 2.24) is 9.97 Å². The molecule has 0 aliphatic carbocycles. The highest BCUT2D eigenvalue weighted by Gasteiger charge is 2.14. The topological polar surface area (TPSA) is 90.4 Å². The van der Waals surface area contributed by atoms with Crippen LogP contribution in [0.3, 0.4) is 0 Å². The molecule has 2 rings (SSSR count). The first-order valence-corrected chi connectivity index (χ1v) is 8.49. The second-order valence-electron chi connectivity index (χ2n) is 5.14. The van der Waals surface area contributed by atoms with E-state index in [1.165, 1.54) is 19.5 Å². The molecule has 2 aromatic rings. The van der Waals surface area contributed by atoms with Crippen LogP contribution in [0.2, 0.25) is 10.2 Å². The number of Topliss-reactive ketones (excluding diaryl/α,β-unsaturated/α-hetero) is 1. The molecular weight excluding hydrogens is 381 g/mol. The maximum absolute atomic E-state index is 12.1. The van der Waals surface area contributed by atoms with Crippen LogP contribution >= 0.6 is 23.2 Å². The summed E-state index contributed by atoms with van der Waals surface area (Å²) < 4.78 is 10.1. The van der Waals surface area contributed by atoms with E-state index in [1.54, 1.807) is 18.2 Å². The zero-order valence-electron chi connectivity index (χ0n) is 14.0. The van der Waals surface area contributed by atoms with E-state index >= 15 is 0 Å². The number of nitrogens with one attached hydrogen (secondary N) is 1. The maximum Gasteiger partial charge on any atom is 0.306 e. The first-order chi connectivity index (χ1) is 12.5. The molecule has 0 radical (unpaired) electrons. The molecule has 1 aromatic carbocycles. The molecule has 1 N–H and O–H groups in total. The van der Waals surface area contributed by atoms with Crippen LogP contribution in [0, 0.1) is 0 Å². The van der Waals surface area contributed by atoms with Crippen LogP contribution < -0.4 is 10.1 Å². The van der Waals surface area contributed by atoms with Crippen molar-refractivity contribution in [2.45, 2.75) is 12.8 Å². The van der Waals surface area contributed by atoms with Gasteiger partial charge in [-0.05, 0) is 18.2 Å². The Hall–Kier alpha value is -2.38. The molecule has 0 fully saturated rings. The van der Waals surface area contributed by atoms with Gasteiger partial charge in [-0.1, -0.05) is 23.2 Å². The van der Waals surface area contributed by atoms with E-state index in [1.807, 2.05) is 0 Å². The second kappa shape index (κ2) is 9.94. The highest BCUT2D eigenvalue weighted by atomic mass is 35.5. The molecule has 138 valence electrons. The minimum Gasteiger partial charge on any atom is -0.497 e. The molecule has 0 saturated heterocycles. The fourth-order valence-electron chi connectivity index (χ4n) is 2.04. The van der Waals surface area contributed by atoms with Gasteiger partial charge >= 0.3 is 5.97 Å². The first kappa shape index (κ1) is 19.9. The molecule has 1 heterocycles. The molecule has 26 heavy (non-hydrogen) atoms. The number of carbonyl (C=O) groups is 2. The smallest absolute Gasteiger partial charge is 0.306 e. The molecule has 0 unspecified atom stereocenters. The Bertz CT molecular complexity index is 786. The average molecular weight is 398 g/mol. The Morgan fingerprint density at radius 1 is 1.19 bits per heavy atom. The van der Waals surface area contributed by atoms with Crippen molar-refractivity contribution in [3.63, 3.8) is 0 Å². The Morgan fingerprint density at radius 3 is 2.69 bits per heavy atom. The van der Waals surface area contributed by atoms with Crippen LogP contribution in [0.4, 0.5) is 5.82 Å². The lowest BCUT2D eigenvalue weighted by Gasteiger charge is -2.08. The van der Waals surface area contributed by atoms with Crippen molar-refractivity contribution in [2.24, 2.45) is 0 Å². The number of carbonyl (C=O) groups excluding carboxylic acids is 2. The molecule has 0 amide bonds. The maximum atomic E-state index is 12.1. The van der Waals surface area contributed by atoms with Crippen molar-refractivity contribution in [1.29, 1.82) is 0 Å². The summed E-state index contributed by atoms with van der Waals surface area (Å²) in [5.41, 5.74) is 0.349. The van der Waals surface area contributed by atoms with Crippen LogP contribution in [0.1, 0.15) is 23.2 Å². The van der Waals surface area contributed by atoms with E-state index in [-0.39, 0.29) is 35.4 Å². The summed E-state index contributed by atoms with van der Waals surface area (Å²) >= 11 is 11.8. The lowest BCUT2D eigenvalue weighted by molar-refractivity contribution is -0.143. The third-order valence-corrected chi connectivity index (χ3v) is 3.80. The van der Waals surface area contributed by atoms with E-state index in [0.29, 0.717) is 23.7 Å². The van der Waals surface area contributed by atoms with Gasteiger partial charge < -0.3 is 14.8 Å². The van der Waals surface area contributed by atoms with Gasteiger partial charge in [0.2, 0.25) is 0 Å². The molecule has 0 aliphatic heterocycles. The molecule has 7 nitrogen and oxygen atoms in total. The monoisotopic (exact) mass is 397 g/mol. The quantitative estimate of drug-likeness (QED) is 0.393. The fraction of sp³-hybridized carbons (Fsp3) is 0.294. The highest BCUT2D eigenvalue weighted by molar-refractivity contribution is 6.34. The van der Waals surface area contributed by atoms with Crippen molar-refractivity contribution >= 4 is 40.8 Å². The van der Waals surface area contributed by atoms with Gasteiger partial charge in [0.1, 0.15) is 23.3 Å². The number of ketones is 1. The minimum absolute atomic E-state index is 0.0120. The lowest BCUT2D eigenvalue weighted by atomic mass is 10.1. The van der Waals surface area contributed by atoms with Gasteiger partial charge in [-0.15, -0.1) is 0 Å². The van der Waals surface area contributed by atoms with Crippen LogP contribution in [0.15, 0.2) is 30.6 Å². The van der Waals surface area contributed by atoms with Gasteiger partial charge in [-0.2, -0.15) is 0 Å². The molecule has 9 heteroatoms. The minimum atomic E-state index is -0.470. The zero-order valence-corrected chi connectivity index (χ0v) is 15.5. The number of anilines is 1. The zero-order chi connectivity index (χ0) is 18.9. The van der Waals surface area contributed by atoms with Gasteiger partial charge in [0.25, 0.3) is 0 Å². The summed E-state index contributed by atoms with van der Waals surface area (Å²) in [7, 11) is 1.51. The van der Waals surface area contributed by atoms with E-state index in [4.69, 9.17) is 32.7 Å². The van der Waals surface area contributed by atoms with Crippen LogP contribution in [0.5, 0.6) is 5.75 Å². The number of hydrogen-bond acceptors (Lipinski definition) is 7. The SMILES string of the molecule is COc1ccc(C(=O)CCC(=O)OCCNc2cncc(Cl)n2)c(Cl)c1. The highest BCUT2D eigenvalue weighted by Crippen LogP contribution is 2.23. The molecule has 1 aromatic heterocycles. The predicted octanol–water partition coefficient (Wildman–Crippen LogP) is 3.41. The molecule has 0 saturated carbocycles. The Kier molecular flexibility index (Phi) is 7.62. The number of aromatic nitrogens is 2. The van der Waals surface area contributed by atoms with Crippen LogP contribution in [0.25, 0.3) is 0 Å². The molecule has 0 spiro atoms. The van der Waals surface area contributed by atoms with E-state index in [2.05, 4.69) is 15.3 Å². The molecular formula is C17H17Cl2N3O4. The number of nitrogens with zero attached hydrogens (tertiary/aromatic N) is 2. The van der Waals surface area contributed by atoms with Crippen molar-refractivity contribution < 1.29 is 19.1 Å². The predicted molar refractivity (Wildman–Crippen MR) is 98.1 cm³/mol. The third kappa shape index (κ3) is 6.16. The normalized spacial score (nSPS) is 10.3. The van der Waals surface area contributed by atoms with E-state index in [9.17, 15) is 9.59 Å². The summed E-state index contributed by atoms with van der Waals surface area (Å²) in [5.74, 6) is 0.338. The molecule has 0 aliphatic rings. The molecule has 0 bridgehead atoms. The number of rotatable bonds is 9. The largest absolute Gasteiger partial charge is 0.497 e. The van der Waals surface area contributed by atoms with Crippen LogP contribution in [-0.2, 0) is 9.53 Å². The standard InChI is InChI=1S/C17H17Cl2N3O4/c1-25-11-2-3-12(13(18)8-11)14(23)4-5-17(24)26-7-6-21-16-10-20-9-15(19)22-16/h2-3,8-10H,4-7H2,1H3,(H,21,22). The number of halogens is 2. The summed E-state index contributed by atoms with van der Waals surface area (Å²) in [5, 5.41) is 3.47. The Balaban J connectivity index is 1.70. The fourth-order valence-corrected chi connectivity index (χ4v) is 2.47. The number of hydrogen-bond donors (Lipinski definition) is 1. The Morgan fingerprint density at radius 2 is 2.00 bits per heavy atom. The number of esters is 1. The molecule has 0 atom stereocenters. The van der Waals surface area contributed by atoms with Gasteiger partial charge in [0.15, 0.2) is 5.78 Å². The number of ether oxygens (including phenoxy) is 2. The van der Waals surface area contributed by atoms with E-state index in [0.717, 1.165) is 0 Å². The summed E-state index contributed by atoms with van der Waals surface area (Å²) in [6, 6.07) is 4.77. The number of methoxy groups -OCH3 is 1. The van der Waals surface area contributed by atoms with Crippen molar-refractivity contribution in [2.75, 3.05) is 25.6 Å².